The highest BCUT2D eigenvalue weighted by Crippen LogP contribution is 2.37. The average Bonchev–Trinajstić information content (AvgIpc) is 2.75. The lowest BCUT2D eigenvalue weighted by Crippen LogP contribution is -2.12. The van der Waals surface area contributed by atoms with Crippen molar-refractivity contribution in [3.8, 4) is 0 Å². The molecule has 0 saturated heterocycles. The van der Waals surface area contributed by atoms with E-state index in [0.29, 0.717) is 11.4 Å². The van der Waals surface area contributed by atoms with Gasteiger partial charge in [0.15, 0.2) is 0 Å². The molecule has 0 unspecified atom stereocenters. The smallest absolute Gasteiger partial charge is 0.359 e. The fourth-order valence-corrected chi connectivity index (χ4v) is 1.69. The minimum Gasteiger partial charge on any atom is -0.359 e. The predicted octanol–water partition coefficient (Wildman–Crippen LogP) is 3.63. The van der Waals surface area contributed by atoms with E-state index in [2.05, 4.69) is 9.98 Å². The van der Waals surface area contributed by atoms with E-state index in [1.165, 1.54) is 12.1 Å². The number of nitrogens with one attached hydrogen (secondary N) is 1. The van der Waals surface area contributed by atoms with E-state index >= 15 is 0 Å². The lowest BCUT2D eigenvalue weighted by molar-refractivity contribution is -0.0695. The van der Waals surface area contributed by atoms with Crippen LogP contribution in [0.4, 0.5) is 13.2 Å². The summed E-state index contributed by atoms with van der Waals surface area (Å²) in [5.74, 6) is 0. The molecule has 1 aromatic heterocycles. The molecule has 0 aromatic carbocycles. The molecule has 0 saturated carbocycles. The number of hydrogen-bond acceptors (Lipinski definition) is 1. The second kappa shape index (κ2) is 3.91. The zero-order chi connectivity index (χ0) is 12.6. The Balaban J connectivity index is 2.59. The Morgan fingerprint density at radius 1 is 1.18 bits per heavy atom. The number of halogens is 3. The van der Waals surface area contributed by atoms with Crippen LogP contribution in [0.2, 0.25) is 0 Å². The van der Waals surface area contributed by atoms with Gasteiger partial charge in [-0.2, -0.15) is 13.2 Å². The van der Waals surface area contributed by atoms with Crippen LogP contribution in [0, 0.1) is 6.92 Å². The van der Waals surface area contributed by atoms with Crippen molar-refractivity contribution in [1.82, 2.24) is 4.98 Å². The Kier molecular flexibility index (Phi) is 2.69. The molecule has 0 fully saturated rings. The van der Waals surface area contributed by atoms with Crippen molar-refractivity contribution in [2.45, 2.75) is 20.0 Å². The van der Waals surface area contributed by atoms with Crippen LogP contribution < -0.4 is 0 Å². The van der Waals surface area contributed by atoms with Crippen molar-refractivity contribution in [2.75, 3.05) is 0 Å². The van der Waals surface area contributed by atoms with Crippen LogP contribution in [0.5, 0.6) is 0 Å². The lowest BCUT2D eigenvalue weighted by Gasteiger charge is -2.11. The summed E-state index contributed by atoms with van der Waals surface area (Å²) in [5, 5.41) is 0. The Bertz CT molecular complexity index is 530. The second-order valence-electron chi connectivity index (χ2n) is 3.90. The largest absolute Gasteiger partial charge is 0.420 e. The molecule has 2 nitrogen and oxygen atoms in total. The van der Waals surface area contributed by atoms with Gasteiger partial charge in [0.25, 0.3) is 0 Å². The zero-order valence-electron chi connectivity index (χ0n) is 9.39. The van der Waals surface area contributed by atoms with E-state index in [0.717, 1.165) is 0 Å². The molecule has 90 valence electrons. The Labute approximate surface area is 96.6 Å². The van der Waals surface area contributed by atoms with Gasteiger partial charge in [0.05, 0.1) is 11.4 Å². The maximum Gasteiger partial charge on any atom is 0.420 e. The van der Waals surface area contributed by atoms with E-state index in [4.69, 9.17) is 0 Å². The molecule has 17 heavy (non-hydrogen) atoms. The molecule has 1 aliphatic heterocycles. The standard InChI is InChI=1S/C12H11F3N2/c1-7-3-5-9(16-7)11(12(13,14)15)10-6-4-8(2)17-10/h3-6,16H,1-2H3/b11-10+. The third-order valence-electron chi connectivity index (χ3n) is 2.42. The molecule has 0 atom stereocenters. The number of H-pyrrole nitrogens is 1. The van der Waals surface area contributed by atoms with Crippen molar-refractivity contribution in [1.29, 1.82) is 0 Å². The normalized spacial score (nSPS) is 18.5. The molecule has 2 rings (SSSR count). The topological polar surface area (TPSA) is 28.1 Å². The number of aromatic nitrogens is 1. The van der Waals surface area contributed by atoms with Crippen molar-refractivity contribution in [2.24, 2.45) is 4.99 Å². The summed E-state index contributed by atoms with van der Waals surface area (Å²) in [5.41, 5.74) is 0.540. The third kappa shape index (κ3) is 2.33. The van der Waals surface area contributed by atoms with Gasteiger partial charge in [-0.25, -0.2) is 0 Å². The third-order valence-corrected chi connectivity index (χ3v) is 2.42. The van der Waals surface area contributed by atoms with E-state index < -0.39 is 11.7 Å². The van der Waals surface area contributed by atoms with Gasteiger partial charge in [-0.3, -0.25) is 4.99 Å². The Morgan fingerprint density at radius 2 is 1.88 bits per heavy atom. The molecule has 0 spiro atoms. The highest BCUT2D eigenvalue weighted by molar-refractivity contribution is 5.98. The minimum atomic E-state index is -4.43. The van der Waals surface area contributed by atoms with Crippen LogP contribution in [0.3, 0.4) is 0 Å². The number of aromatic amines is 1. The first-order chi connectivity index (χ1) is 7.88. The molecule has 0 bridgehead atoms. The van der Waals surface area contributed by atoms with Gasteiger partial charge >= 0.3 is 6.18 Å². The summed E-state index contributed by atoms with van der Waals surface area (Å²) in [6.07, 6.45) is -1.48. The number of hydrogen-bond donors (Lipinski definition) is 1. The summed E-state index contributed by atoms with van der Waals surface area (Å²) in [7, 11) is 0. The van der Waals surface area contributed by atoms with E-state index in [1.807, 2.05) is 0 Å². The fourth-order valence-electron chi connectivity index (χ4n) is 1.69. The average molecular weight is 240 g/mol. The first-order valence-corrected chi connectivity index (χ1v) is 5.09. The van der Waals surface area contributed by atoms with Crippen LogP contribution in [-0.2, 0) is 0 Å². The molecule has 5 heteroatoms. The summed E-state index contributed by atoms with van der Waals surface area (Å²) in [6.45, 7) is 3.37. The molecule has 1 aliphatic rings. The first kappa shape index (κ1) is 11.7. The molecule has 1 N–H and O–H groups in total. The van der Waals surface area contributed by atoms with Gasteiger partial charge in [-0.15, -0.1) is 0 Å². The number of nitrogens with zero attached hydrogens (tertiary/aromatic N) is 1. The van der Waals surface area contributed by atoms with Gasteiger partial charge in [0.2, 0.25) is 0 Å². The maximum atomic E-state index is 13.0. The van der Waals surface area contributed by atoms with Gasteiger partial charge in [0, 0.05) is 11.4 Å². The zero-order valence-corrected chi connectivity index (χ0v) is 9.39. The number of alkyl halides is 3. The highest BCUT2D eigenvalue weighted by Gasteiger charge is 2.38. The number of aryl methyl sites for hydroxylation is 1. The van der Waals surface area contributed by atoms with Crippen LogP contribution in [-0.4, -0.2) is 16.9 Å². The summed E-state index contributed by atoms with van der Waals surface area (Å²) in [6, 6.07) is 3.03. The SMILES string of the molecule is CC1=N/C(=C(\c2ccc(C)[nH]2)C(F)(F)F)C=C1. The molecular formula is C12H11F3N2. The number of rotatable bonds is 1. The van der Waals surface area contributed by atoms with Crippen molar-refractivity contribution in [3.63, 3.8) is 0 Å². The second-order valence-corrected chi connectivity index (χ2v) is 3.90. The molecule has 0 amide bonds. The molecule has 0 radical (unpaired) electrons. The van der Waals surface area contributed by atoms with E-state index in [-0.39, 0.29) is 11.4 Å². The molecule has 0 aliphatic carbocycles. The number of aliphatic imine (C=N–C) groups is 1. The minimum absolute atomic E-state index is 0.0446. The van der Waals surface area contributed by atoms with Crippen LogP contribution >= 0.6 is 0 Å². The monoisotopic (exact) mass is 240 g/mol. The van der Waals surface area contributed by atoms with E-state index in [1.54, 1.807) is 26.0 Å². The molecular weight excluding hydrogens is 229 g/mol. The number of allylic oxidation sites excluding steroid dienone is 3. The summed E-state index contributed by atoms with van der Waals surface area (Å²) >= 11 is 0. The Morgan fingerprint density at radius 3 is 2.29 bits per heavy atom. The van der Waals surface area contributed by atoms with Crippen molar-refractivity contribution >= 4 is 11.3 Å². The Hall–Kier alpha value is -1.78. The highest BCUT2D eigenvalue weighted by atomic mass is 19.4. The van der Waals surface area contributed by atoms with E-state index in [9.17, 15) is 13.2 Å². The van der Waals surface area contributed by atoms with Gasteiger partial charge in [-0.05, 0) is 38.1 Å². The van der Waals surface area contributed by atoms with Gasteiger partial charge < -0.3 is 4.98 Å². The molecule has 2 heterocycles. The van der Waals surface area contributed by atoms with Crippen LogP contribution in [0.25, 0.3) is 5.57 Å². The fraction of sp³-hybridized carbons (Fsp3) is 0.250. The molecule has 1 aromatic rings. The van der Waals surface area contributed by atoms with Gasteiger partial charge in [-0.1, -0.05) is 0 Å². The van der Waals surface area contributed by atoms with Crippen molar-refractivity contribution in [3.05, 3.63) is 41.4 Å². The lowest BCUT2D eigenvalue weighted by atomic mass is 10.1. The van der Waals surface area contributed by atoms with Crippen LogP contribution in [0.15, 0.2) is 35.0 Å². The summed E-state index contributed by atoms with van der Waals surface area (Å²) in [4.78, 5) is 6.58. The van der Waals surface area contributed by atoms with Crippen molar-refractivity contribution < 1.29 is 13.2 Å². The van der Waals surface area contributed by atoms with Crippen LogP contribution in [0.1, 0.15) is 18.3 Å². The predicted molar refractivity (Wildman–Crippen MR) is 60.8 cm³/mol. The quantitative estimate of drug-likeness (QED) is 0.776. The maximum absolute atomic E-state index is 13.0. The van der Waals surface area contributed by atoms with Gasteiger partial charge in [0.1, 0.15) is 5.57 Å². The first-order valence-electron chi connectivity index (χ1n) is 5.09. The summed E-state index contributed by atoms with van der Waals surface area (Å²) < 4.78 is 39.0.